The Morgan fingerprint density at radius 2 is 1.69 bits per heavy atom. The summed E-state index contributed by atoms with van der Waals surface area (Å²) in [4.78, 5) is 17.8. The zero-order chi connectivity index (χ0) is 24.4. The topological polar surface area (TPSA) is 64.0 Å². The van der Waals surface area contributed by atoms with E-state index in [-0.39, 0.29) is 30.2 Å². The van der Waals surface area contributed by atoms with Gasteiger partial charge in [-0.25, -0.2) is 4.39 Å². The van der Waals surface area contributed by atoms with Crippen LogP contribution in [0, 0.1) is 17.7 Å². The van der Waals surface area contributed by atoms with Gasteiger partial charge in [0, 0.05) is 31.1 Å². The highest BCUT2D eigenvalue weighted by Crippen LogP contribution is 2.33. The molecule has 6 heteroatoms. The molecule has 2 fully saturated rings. The van der Waals surface area contributed by atoms with Crippen molar-refractivity contribution in [2.24, 2.45) is 11.8 Å². The van der Waals surface area contributed by atoms with E-state index in [4.69, 9.17) is 0 Å². The predicted octanol–water partition coefficient (Wildman–Crippen LogP) is 3.90. The van der Waals surface area contributed by atoms with Gasteiger partial charge in [-0.05, 0) is 72.3 Å². The number of aliphatic hydroxyl groups is 2. The molecular formula is C29H33FN2O3. The molecule has 3 aromatic rings. The van der Waals surface area contributed by atoms with Gasteiger partial charge >= 0.3 is 0 Å². The Morgan fingerprint density at radius 1 is 0.971 bits per heavy atom. The van der Waals surface area contributed by atoms with Gasteiger partial charge in [0.05, 0.1) is 12.7 Å². The highest BCUT2D eigenvalue weighted by Gasteiger charge is 2.40. The van der Waals surface area contributed by atoms with Crippen molar-refractivity contribution in [3.05, 3.63) is 83.7 Å². The molecule has 2 saturated heterocycles. The van der Waals surface area contributed by atoms with Crippen molar-refractivity contribution in [2.75, 3.05) is 39.3 Å². The van der Waals surface area contributed by atoms with Gasteiger partial charge < -0.3 is 20.0 Å². The molecule has 35 heavy (non-hydrogen) atoms. The number of carbonyl (C=O) groups is 1. The second-order valence-electron chi connectivity index (χ2n) is 10.0. The summed E-state index contributed by atoms with van der Waals surface area (Å²) in [6, 6.07) is 20.5. The number of carbonyl (C=O) groups excluding carboxylic acids is 1. The monoisotopic (exact) mass is 476 g/mol. The molecule has 0 aromatic heterocycles. The van der Waals surface area contributed by atoms with Crippen LogP contribution < -0.4 is 0 Å². The van der Waals surface area contributed by atoms with E-state index < -0.39 is 6.10 Å². The number of halogens is 1. The van der Waals surface area contributed by atoms with Crippen LogP contribution in [-0.2, 0) is 0 Å². The Labute approximate surface area is 205 Å². The first-order valence-corrected chi connectivity index (χ1v) is 12.6. The van der Waals surface area contributed by atoms with Crippen LogP contribution >= 0.6 is 0 Å². The van der Waals surface area contributed by atoms with Crippen molar-refractivity contribution >= 4 is 16.7 Å². The summed E-state index contributed by atoms with van der Waals surface area (Å²) in [7, 11) is 0. The van der Waals surface area contributed by atoms with Crippen molar-refractivity contribution in [3.8, 4) is 0 Å². The maximum Gasteiger partial charge on any atom is 0.254 e. The minimum absolute atomic E-state index is 0.0190. The molecule has 5 rings (SSSR count). The first-order valence-electron chi connectivity index (χ1n) is 12.6. The molecule has 3 unspecified atom stereocenters. The Bertz CT molecular complexity index is 1150. The molecule has 2 aliphatic rings. The van der Waals surface area contributed by atoms with Crippen molar-refractivity contribution < 1.29 is 19.4 Å². The lowest BCUT2D eigenvalue weighted by molar-refractivity contribution is 0.0280. The molecule has 2 aliphatic heterocycles. The molecule has 0 spiro atoms. The van der Waals surface area contributed by atoms with Crippen LogP contribution in [0.5, 0.6) is 0 Å². The van der Waals surface area contributed by atoms with Gasteiger partial charge in [-0.1, -0.05) is 48.5 Å². The Kier molecular flexibility index (Phi) is 7.14. The number of amides is 1. The van der Waals surface area contributed by atoms with E-state index in [0.717, 1.165) is 43.2 Å². The second kappa shape index (κ2) is 10.4. The van der Waals surface area contributed by atoms with E-state index in [0.29, 0.717) is 24.6 Å². The summed E-state index contributed by atoms with van der Waals surface area (Å²) in [6.45, 7) is 3.36. The lowest BCUT2D eigenvalue weighted by Gasteiger charge is -2.35. The van der Waals surface area contributed by atoms with Crippen LogP contribution in [-0.4, -0.2) is 71.4 Å². The summed E-state index contributed by atoms with van der Waals surface area (Å²) in [5.41, 5.74) is 1.87. The summed E-state index contributed by atoms with van der Waals surface area (Å²) >= 11 is 0. The number of piperidine rings is 1. The molecule has 2 N–H and O–H groups in total. The highest BCUT2D eigenvalue weighted by atomic mass is 19.1. The number of hydrogen-bond donors (Lipinski definition) is 2. The minimum Gasteiger partial charge on any atom is -0.394 e. The summed E-state index contributed by atoms with van der Waals surface area (Å²) in [5, 5.41) is 22.2. The molecule has 3 atom stereocenters. The SMILES string of the molecule is O=C(c1cccc2ccccc12)N1CC(CN2CCC(c3ccc(F)cc3)CC2)C(C(O)CO)C1. The van der Waals surface area contributed by atoms with Crippen LogP contribution in [0.2, 0.25) is 0 Å². The lowest BCUT2D eigenvalue weighted by atomic mass is 9.87. The third-order valence-corrected chi connectivity index (χ3v) is 7.90. The zero-order valence-corrected chi connectivity index (χ0v) is 19.9. The standard InChI is InChI=1S/C29H33FN2O3/c30-24-10-8-20(9-11-24)21-12-14-31(15-13-21)16-23-17-32(18-27(23)28(34)19-33)29(35)26-7-3-5-22-4-1-2-6-25(22)26/h1-11,21,23,27-28,33-34H,12-19H2. The van der Waals surface area contributed by atoms with E-state index in [1.807, 2.05) is 59.5 Å². The van der Waals surface area contributed by atoms with Crippen LogP contribution in [0.25, 0.3) is 10.8 Å². The van der Waals surface area contributed by atoms with Crippen molar-refractivity contribution in [2.45, 2.75) is 24.9 Å². The van der Waals surface area contributed by atoms with E-state index in [1.165, 1.54) is 17.7 Å². The van der Waals surface area contributed by atoms with Crippen LogP contribution in [0.15, 0.2) is 66.7 Å². The number of benzene rings is 3. The van der Waals surface area contributed by atoms with Gasteiger partial charge in [-0.2, -0.15) is 0 Å². The lowest BCUT2D eigenvalue weighted by Crippen LogP contribution is -2.41. The third-order valence-electron chi connectivity index (χ3n) is 7.90. The largest absolute Gasteiger partial charge is 0.394 e. The van der Waals surface area contributed by atoms with Gasteiger partial charge in [0.1, 0.15) is 5.82 Å². The molecule has 5 nitrogen and oxygen atoms in total. The Hall–Kier alpha value is -2.80. The van der Waals surface area contributed by atoms with Crippen molar-refractivity contribution in [1.29, 1.82) is 0 Å². The summed E-state index contributed by atoms with van der Waals surface area (Å²) < 4.78 is 13.3. The van der Waals surface area contributed by atoms with Gasteiger partial charge in [-0.3, -0.25) is 4.79 Å². The molecular weight excluding hydrogens is 443 g/mol. The molecule has 2 heterocycles. The molecule has 1 amide bonds. The molecule has 0 radical (unpaired) electrons. The van der Waals surface area contributed by atoms with Crippen LogP contribution in [0.3, 0.4) is 0 Å². The minimum atomic E-state index is -0.845. The zero-order valence-electron chi connectivity index (χ0n) is 19.9. The average Bonchev–Trinajstić information content (AvgIpc) is 3.32. The molecule has 184 valence electrons. The average molecular weight is 477 g/mol. The van der Waals surface area contributed by atoms with E-state index in [2.05, 4.69) is 4.90 Å². The fourth-order valence-corrected chi connectivity index (χ4v) is 5.92. The van der Waals surface area contributed by atoms with Crippen LogP contribution in [0.1, 0.15) is 34.7 Å². The number of aliphatic hydroxyl groups excluding tert-OH is 2. The Balaban J connectivity index is 1.26. The second-order valence-corrected chi connectivity index (χ2v) is 10.0. The van der Waals surface area contributed by atoms with Gasteiger partial charge in [0.15, 0.2) is 0 Å². The summed E-state index contributed by atoms with van der Waals surface area (Å²) in [5.74, 6) is 0.142. The first-order chi connectivity index (χ1) is 17.0. The van der Waals surface area contributed by atoms with E-state index >= 15 is 0 Å². The normalized spacial score (nSPS) is 22.5. The van der Waals surface area contributed by atoms with Gasteiger partial charge in [0.25, 0.3) is 5.91 Å². The molecule has 0 saturated carbocycles. The molecule has 0 bridgehead atoms. The fraction of sp³-hybridized carbons (Fsp3) is 0.414. The smallest absolute Gasteiger partial charge is 0.254 e. The van der Waals surface area contributed by atoms with Crippen molar-refractivity contribution in [3.63, 3.8) is 0 Å². The number of fused-ring (bicyclic) bond motifs is 1. The number of hydrogen-bond acceptors (Lipinski definition) is 4. The Morgan fingerprint density at radius 3 is 2.43 bits per heavy atom. The van der Waals surface area contributed by atoms with Gasteiger partial charge in [0.2, 0.25) is 0 Å². The first kappa shape index (κ1) is 23.9. The van der Waals surface area contributed by atoms with E-state index in [9.17, 15) is 19.4 Å². The molecule has 3 aromatic carbocycles. The maximum absolute atomic E-state index is 13.5. The molecule has 0 aliphatic carbocycles. The third kappa shape index (κ3) is 5.10. The number of likely N-dealkylation sites (tertiary alicyclic amines) is 2. The predicted molar refractivity (Wildman–Crippen MR) is 135 cm³/mol. The number of rotatable bonds is 6. The maximum atomic E-state index is 13.5. The quantitative estimate of drug-likeness (QED) is 0.567. The number of nitrogens with zero attached hydrogens (tertiary/aromatic N) is 2. The van der Waals surface area contributed by atoms with E-state index in [1.54, 1.807) is 0 Å². The van der Waals surface area contributed by atoms with Crippen molar-refractivity contribution in [1.82, 2.24) is 9.80 Å². The fourth-order valence-electron chi connectivity index (χ4n) is 5.92. The summed E-state index contributed by atoms with van der Waals surface area (Å²) in [6.07, 6.45) is 1.16. The van der Waals surface area contributed by atoms with Crippen LogP contribution in [0.4, 0.5) is 4.39 Å². The highest BCUT2D eigenvalue weighted by molar-refractivity contribution is 6.07. The van der Waals surface area contributed by atoms with Gasteiger partial charge in [-0.15, -0.1) is 0 Å².